The van der Waals surface area contributed by atoms with Gasteiger partial charge in [0.15, 0.2) is 0 Å². The Kier molecular flexibility index (Phi) is 3.80. The van der Waals surface area contributed by atoms with Crippen LogP contribution in [0.25, 0.3) is 0 Å². The number of benzene rings is 2. The number of hydrogen-bond donors (Lipinski definition) is 0. The molecule has 0 saturated carbocycles. The normalized spacial score (nSPS) is 10.8. The minimum Gasteiger partial charge on any atom is -0.207 e. The Morgan fingerprint density at radius 1 is 0.947 bits per heavy atom. The van der Waals surface area contributed by atoms with E-state index in [1.165, 1.54) is 13.0 Å². The molecule has 0 saturated heterocycles. The smallest absolute Gasteiger partial charge is 0.142 e. The lowest BCUT2D eigenvalue weighted by molar-refractivity contribution is 0.565. The average Bonchev–Trinajstić information content (AvgIpc) is 2.36. The van der Waals surface area contributed by atoms with E-state index in [0.717, 1.165) is 12.1 Å². The first-order valence-electron chi connectivity index (χ1n) is 5.47. The molecule has 0 aliphatic heterocycles. The molecule has 0 atom stereocenters. The van der Waals surface area contributed by atoms with Crippen LogP contribution in [-0.4, -0.2) is 0 Å². The predicted octanol–water partition coefficient (Wildman–Crippen LogP) is 4.80. The molecule has 0 fully saturated rings. The molecule has 100 valence electrons. The highest BCUT2D eigenvalue weighted by Gasteiger charge is 2.15. The minimum absolute atomic E-state index is 0.0232. The van der Waals surface area contributed by atoms with Gasteiger partial charge in [0.2, 0.25) is 0 Å². The van der Waals surface area contributed by atoms with Crippen molar-refractivity contribution in [1.82, 2.24) is 0 Å². The molecular formula is C14H9ClF4. The van der Waals surface area contributed by atoms with E-state index in [2.05, 4.69) is 0 Å². The first-order chi connectivity index (χ1) is 8.90. The largest absolute Gasteiger partial charge is 0.207 e. The molecule has 0 heterocycles. The Bertz CT molecular complexity index is 638. The predicted molar refractivity (Wildman–Crippen MR) is 65.3 cm³/mol. The molecule has 0 aromatic heterocycles. The summed E-state index contributed by atoms with van der Waals surface area (Å²) in [6.07, 6.45) is -0.174. The first-order valence-corrected chi connectivity index (χ1v) is 5.85. The summed E-state index contributed by atoms with van der Waals surface area (Å²) in [4.78, 5) is 0. The van der Waals surface area contributed by atoms with Crippen LogP contribution in [-0.2, 0) is 6.42 Å². The fourth-order valence-corrected chi connectivity index (χ4v) is 1.93. The third kappa shape index (κ3) is 2.73. The zero-order valence-corrected chi connectivity index (χ0v) is 10.7. The van der Waals surface area contributed by atoms with Crippen LogP contribution in [0.2, 0.25) is 5.02 Å². The molecular weight excluding hydrogens is 280 g/mol. The van der Waals surface area contributed by atoms with E-state index in [9.17, 15) is 17.6 Å². The van der Waals surface area contributed by atoms with Gasteiger partial charge in [-0.05, 0) is 30.2 Å². The van der Waals surface area contributed by atoms with E-state index in [4.69, 9.17) is 11.6 Å². The summed E-state index contributed by atoms with van der Waals surface area (Å²) >= 11 is 5.57. The molecule has 0 amide bonds. The van der Waals surface area contributed by atoms with E-state index in [1.54, 1.807) is 0 Å². The molecule has 0 aliphatic rings. The summed E-state index contributed by atoms with van der Waals surface area (Å²) in [5, 5.41) is -0.291. The van der Waals surface area contributed by atoms with Crippen LogP contribution < -0.4 is 0 Å². The van der Waals surface area contributed by atoms with Crippen molar-refractivity contribution in [3.05, 3.63) is 69.2 Å². The van der Waals surface area contributed by atoms with Crippen LogP contribution in [0.4, 0.5) is 17.6 Å². The van der Waals surface area contributed by atoms with Crippen molar-refractivity contribution in [1.29, 1.82) is 0 Å². The SMILES string of the molecule is Cc1c(F)c(Cc2ccc(F)cc2F)cc(F)c1Cl. The third-order valence-electron chi connectivity index (χ3n) is 2.85. The molecule has 2 aromatic carbocycles. The summed E-state index contributed by atoms with van der Waals surface area (Å²) in [7, 11) is 0. The van der Waals surface area contributed by atoms with Crippen LogP contribution >= 0.6 is 11.6 Å². The van der Waals surface area contributed by atoms with E-state index < -0.39 is 23.3 Å². The minimum atomic E-state index is -0.799. The lowest BCUT2D eigenvalue weighted by Gasteiger charge is -2.09. The average molecular weight is 289 g/mol. The van der Waals surface area contributed by atoms with Crippen molar-refractivity contribution >= 4 is 11.6 Å². The molecule has 0 N–H and O–H groups in total. The molecule has 19 heavy (non-hydrogen) atoms. The molecule has 0 unspecified atom stereocenters. The quantitative estimate of drug-likeness (QED) is 0.550. The molecule has 0 bridgehead atoms. The maximum Gasteiger partial charge on any atom is 0.142 e. The second-order valence-corrected chi connectivity index (χ2v) is 4.56. The van der Waals surface area contributed by atoms with Gasteiger partial charge in [0.25, 0.3) is 0 Å². The summed E-state index contributed by atoms with van der Waals surface area (Å²) in [5.74, 6) is -2.97. The maximum absolute atomic E-state index is 13.9. The summed E-state index contributed by atoms with van der Waals surface area (Å²) < 4.78 is 53.5. The second kappa shape index (κ2) is 5.21. The van der Waals surface area contributed by atoms with E-state index in [-0.39, 0.29) is 28.1 Å². The van der Waals surface area contributed by atoms with E-state index in [1.807, 2.05) is 0 Å². The summed E-state index contributed by atoms with van der Waals surface area (Å²) in [5.41, 5.74) is 0.0329. The van der Waals surface area contributed by atoms with Crippen LogP contribution in [0.5, 0.6) is 0 Å². The zero-order chi connectivity index (χ0) is 14.2. The molecule has 2 aromatic rings. The van der Waals surface area contributed by atoms with Gasteiger partial charge >= 0.3 is 0 Å². The lowest BCUT2D eigenvalue weighted by atomic mass is 10.0. The van der Waals surface area contributed by atoms with Crippen molar-refractivity contribution in [2.75, 3.05) is 0 Å². The highest BCUT2D eigenvalue weighted by atomic mass is 35.5. The van der Waals surface area contributed by atoms with Crippen LogP contribution in [0, 0.1) is 30.2 Å². The van der Waals surface area contributed by atoms with Gasteiger partial charge in [-0.3, -0.25) is 0 Å². The van der Waals surface area contributed by atoms with E-state index in [0.29, 0.717) is 6.07 Å². The Labute approximate surface area is 112 Å². The Hall–Kier alpha value is -1.55. The van der Waals surface area contributed by atoms with Crippen molar-refractivity contribution in [3.8, 4) is 0 Å². The van der Waals surface area contributed by atoms with Crippen LogP contribution in [0.15, 0.2) is 24.3 Å². The molecule has 0 aliphatic carbocycles. The Morgan fingerprint density at radius 3 is 2.26 bits per heavy atom. The van der Waals surface area contributed by atoms with Crippen molar-refractivity contribution in [2.24, 2.45) is 0 Å². The molecule has 0 spiro atoms. The lowest BCUT2D eigenvalue weighted by Crippen LogP contribution is -2.00. The summed E-state index contributed by atoms with van der Waals surface area (Å²) in [6.45, 7) is 1.34. The van der Waals surface area contributed by atoms with Crippen molar-refractivity contribution in [3.63, 3.8) is 0 Å². The van der Waals surface area contributed by atoms with Crippen molar-refractivity contribution in [2.45, 2.75) is 13.3 Å². The van der Waals surface area contributed by atoms with Crippen LogP contribution in [0.1, 0.15) is 16.7 Å². The third-order valence-corrected chi connectivity index (χ3v) is 3.31. The topological polar surface area (TPSA) is 0 Å². The van der Waals surface area contributed by atoms with Gasteiger partial charge in [-0.2, -0.15) is 0 Å². The van der Waals surface area contributed by atoms with Gasteiger partial charge in [0, 0.05) is 18.1 Å². The van der Waals surface area contributed by atoms with Crippen molar-refractivity contribution < 1.29 is 17.6 Å². The highest BCUT2D eigenvalue weighted by molar-refractivity contribution is 6.31. The maximum atomic E-state index is 13.9. The van der Waals surface area contributed by atoms with Gasteiger partial charge in [-0.1, -0.05) is 17.7 Å². The zero-order valence-electron chi connectivity index (χ0n) is 9.91. The standard InChI is InChI=1S/C14H9ClF4/c1-7-13(15)12(18)5-9(14(7)19)4-8-2-3-10(16)6-11(8)17/h2-3,5-6H,4H2,1H3. The van der Waals surface area contributed by atoms with Crippen LogP contribution in [0.3, 0.4) is 0 Å². The fourth-order valence-electron chi connectivity index (χ4n) is 1.79. The van der Waals surface area contributed by atoms with Gasteiger partial charge in [-0.25, -0.2) is 17.6 Å². The monoisotopic (exact) mass is 288 g/mol. The van der Waals surface area contributed by atoms with Gasteiger partial charge < -0.3 is 0 Å². The summed E-state index contributed by atoms with van der Waals surface area (Å²) in [6, 6.07) is 3.89. The number of hydrogen-bond acceptors (Lipinski definition) is 0. The molecule has 0 nitrogen and oxygen atoms in total. The fraction of sp³-hybridized carbons (Fsp3) is 0.143. The molecule has 5 heteroatoms. The highest BCUT2D eigenvalue weighted by Crippen LogP contribution is 2.27. The first kappa shape index (κ1) is 13.9. The molecule has 0 radical (unpaired) electrons. The number of halogens is 5. The Morgan fingerprint density at radius 2 is 1.63 bits per heavy atom. The number of rotatable bonds is 2. The van der Waals surface area contributed by atoms with Gasteiger partial charge in [0.05, 0.1) is 5.02 Å². The van der Waals surface area contributed by atoms with Gasteiger partial charge in [0.1, 0.15) is 23.3 Å². The van der Waals surface area contributed by atoms with Gasteiger partial charge in [-0.15, -0.1) is 0 Å². The second-order valence-electron chi connectivity index (χ2n) is 4.18. The van der Waals surface area contributed by atoms with E-state index >= 15 is 0 Å². The Balaban J connectivity index is 2.44. The molecule has 2 rings (SSSR count).